The van der Waals surface area contributed by atoms with E-state index in [2.05, 4.69) is 20.3 Å². The molecule has 0 spiro atoms. The van der Waals surface area contributed by atoms with Crippen molar-refractivity contribution in [2.45, 2.75) is 31.9 Å². The van der Waals surface area contributed by atoms with Gasteiger partial charge in [-0.3, -0.25) is 9.88 Å². The van der Waals surface area contributed by atoms with Crippen molar-refractivity contribution in [2.24, 2.45) is 5.84 Å². The molecule has 4 N–H and O–H groups in total. The molecule has 1 fully saturated rings. The maximum absolute atomic E-state index is 9.85. The molecule has 0 amide bonds. The molecule has 6 nitrogen and oxygen atoms in total. The van der Waals surface area contributed by atoms with Crippen LogP contribution in [0.4, 0.5) is 5.82 Å². The van der Waals surface area contributed by atoms with E-state index in [1.54, 1.807) is 12.4 Å². The quantitative estimate of drug-likeness (QED) is 0.511. The summed E-state index contributed by atoms with van der Waals surface area (Å²) in [5.74, 6) is 5.79. The largest absolute Gasteiger partial charge is 0.390 e. The Morgan fingerprint density at radius 1 is 1.41 bits per heavy atom. The van der Waals surface area contributed by atoms with Crippen LogP contribution in [-0.4, -0.2) is 38.7 Å². The van der Waals surface area contributed by atoms with Gasteiger partial charge in [0.05, 0.1) is 23.7 Å². The predicted octanol–water partition coefficient (Wildman–Crippen LogP) is 0.109. The molecule has 6 heteroatoms. The molecule has 0 bridgehead atoms. The van der Waals surface area contributed by atoms with Gasteiger partial charge >= 0.3 is 0 Å². The number of nitrogen functional groups attached to an aromatic ring is 1. The van der Waals surface area contributed by atoms with Crippen molar-refractivity contribution in [1.82, 2.24) is 14.9 Å². The highest BCUT2D eigenvalue weighted by atomic mass is 16.3. The van der Waals surface area contributed by atoms with Crippen molar-refractivity contribution < 1.29 is 5.11 Å². The summed E-state index contributed by atoms with van der Waals surface area (Å²) in [6.45, 7) is 4.46. The van der Waals surface area contributed by atoms with E-state index >= 15 is 0 Å². The number of aromatic nitrogens is 2. The Labute approximate surface area is 101 Å². The molecule has 1 aromatic heterocycles. The summed E-state index contributed by atoms with van der Waals surface area (Å²) in [5.41, 5.74) is 2.87. The number of nitrogens with one attached hydrogen (secondary N) is 1. The second-order valence-electron chi connectivity index (χ2n) is 4.81. The number of piperidine rings is 1. The molecule has 94 valence electrons. The maximum atomic E-state index is 9.85. The van der Waals surface area contributed by atoms with E-state index in [0.29, 0.717) is 5.82 Å². The standard InChI is InChI=1S/C11H19N5O/c1-11(17)2-4-16(5-3-11)8-9-6-14-10(15-12)7-13-9/h6-7,17H,2-5,8,12H2,1H3,(H,14,15). The molecule has 0 saturated carbocycles. The van der Waals surface area contributed by atoms with Gasteiger partial charge in [-0.2, -0.15) is 0 Å². The van der Waals surface area contributed by atoms with Gasteiger partial charge in [-0.1, -0.05) is 0 Å². The number of aliphatic hydroxyl groups is 1. The number of hydrazine groups is 1. The third kappa shape index (κ3) is 3.36. The number of nitrogens with zero attached hydrogens (tertiary/aromatic N) is 3. The molecule has 1 aliphatic heterocycles. The predicted molar refractivity (Wildman–Crippen MR) is 65.0 cm³/mol. The first kappa shape index (κ1) is 12.2. The minimum atomic E-state index is -0.504. The number of hydrogen-bond acceptors (Lipinski definition) is 6. The molecule has 1 aromatic rings. The van der Waals surface area contributed by atoms with Crippen LogP contribution in [0.5, 0.6) is 0 Å². The summed E-state index contributed by atoms with van der Waals surface area (Å²) in [7, 11) is 0. The highest BCUT2D eigenvalue weighted by Crippen LogP contribution is 2.21. The first-order valence-corrected chi connectivity index (χ1v) is 5.81. The zero-order valence-corrected chi connectivity index (χ0v) is 10.1. The van der Waals surface area contributed by atoms with Gasteiger partial charge in [0.2, 0.25) is 0 Å². The minimum absolute atomic E-state index is 0.504. The van der Waals surface area contributed by atoms with E-state index in [0.717, 1.165) is 38.2 Å². The Morgan fingerprint density at radius 3 is 2.65 bits per heavy atom. The molecule has 0 aromatic carbocycles. The van der Waals surface area contributed by atoms with Crippen molar-refractivity contribution >= 4 is 5.82 Å². The van der Waals surface area contributed by atoms with Crippen molar-refractivity contribution in [2.75, 3.05) is 18.5 Å². The number of nitrogens with two attached hydrogens (primary N) is 1. The number of anilines is 1. The van der Waals surface area contributed by atoms with Crippen LogP contribution in [0.2, 0.25) is 0 Å². The lowest BCUT2D eigenvalue weighted by atomic mass is 9.94. The van der Waals surface area contributed by atoms with E-state index in [1.807, 2.05) is 6.92 Å². The van der Waals surface area contributed by atoms with Crippen molar-refractivity contribution in [3.63, 3.8) is 0 Å². The van der Waals surface area contributed by atoms with E-state index in [9.17, 15) is 5.11 Å². The number of rotatable bonds is 3. The lowest BCUT2D eigenvalue weighted by Gasteiger charge is -2.35. The van der Waals surface area contributed by atoms with Crippen molar-refractivity contribution in [3.05, 3.63) is 18.1 Å². The van der Waals surface area contributed by atoms with E-state index in [-0.39, 0.29) is 0 Å². The SMILES string of the molecule is CC1(O)CCN(Cc2cnc(NN)cn2)CC1. The second kappa shape index (κ2) is 4.95. The van der Waals surface area contributed by atoms with Crippen LogP contribution in [0, 0.1) is 0 Å². The minimum Gasteiger partial charge on any atom is -0.390 e. The third-order valence-electron chi connectivity index (χ3n) is 3.17. The number of hydrogen-bond donors (Lipinski definition) is 3. The van der Waals surface area contributed by atoms with Crippen LogP contribution in [0.1, 0.15) is 25.5 Å². The fourth-order valence-electron chi connectivity index (χ4n) is 1.93. The Bertz CT molecular complexity index is 355. The summed E-state index contributed by atoms with van der Waals surface area (Å²) in [6.07, 6.45) is 4.96. The van der Waals surface area contributed by atoms with Crippen molar-refractivity contribution in [3.8, 4) is 0 Å². The fraction of sp³-hybridized carbons (Fsp3) is 0.636. The van der Waals surface area contributed by atoms with E-state index < -0.39 is 5.60 Å². The smallest absolute Gasteiger partial charge is 0.158 e. The average Bonchev–Trinajstić information content (AvgIpc) is 2.33. The molecule has 1 aliphatic rings. The molecule has 2 heterocycles. The topological polar surface area (TPSA) is 87.3 Å². The normalized spacial score (nSPS) is 20.2. The highest BCUT2D eigenvalue weighted by Gasteiger charge is 2.27. The van der Waals surface area contributed by atoms with E-state index in [1.165, 1.54) is 0 Å². The Balaban J connectivity index is 1.89. The Kier molecular flexibility index (Phi) is 3.56. The molecule has 1 saturated heterocycles. The average molecular weight is 237 g/mol. The molecule has 2 rings (SSSR count). The molecule has 0 unspecified atom stereocenters. The maximum Gasteiger partial charge on any atom is 0.158 e. The summed E-state index contributed by atoms with van der Waals surface area (Å²) in [4.78, 5) is 10.7. The van der Waals surface area contributed by atoms with Crippen molar-refractivity contribution in [1.29, 1.82) is 0 Å². The van der Waals surface area contributed by atoms with Crippen LogP contribution < -0.4 is 11.3 Å². The lowest BCUT2D eigenvalue weighted by Crippen LogP contribution is -2.42. The van der Waals surface area contributed by atoms with Crippen LogP contribution in [0.15, 0.2) is 12.4 Å². The van der Waals surface area contributed by atoms with Gasteiger partial charge in [0.25, 0.3) is 0 Å². The van der Waals surface area contributed by atoms with Crippen LogP contribution in [0.3, 0.4) is 0 Å². The summed E-state index contributed by atoms with van der Waals surface area (Å²) in [6, 6.07) is 0. The summed E-state index contributed by atoms with van der Waals surface area (Å²) in [5, 5.41) is 9.85. The molecule has 0 atom stereocenters. The highest BCUT2D eigenvalue weighted by molar-refractivity contribution is 5.28. The van der Waals surface area contributed by atoms with Gasteiger partial charge in [-0.25, -0.2) is 10.8 Å². The van der Waals surface area contributed by atoms with Gasteiger partial charge in [0.1, 0.15) is 0 Å². The molecule has 17 heavy (non-hydrogen) atoms. The molecular formula is C11H19N5O. The first-order valence-electron chi connectivity index (χ1n) is 5.81. The van der Waals surface area contributed by atoms with Crippen LogP contribution in [-0.2, 0) is 6.54 Å². The van der Waals surface area contributed by atoms with Gasteiger partial charge in [0, 0.05) is 19.6 Å². The van der Waals surface area contributed by atoms with Gasteiger partial charge in [-0.15, -0.1) is 0 Å². The zero-order valence-electron chi connectivity index (χ0n) is 10.1. The zero-order chi connectivity index (χ0) is 12.3. The third-order valence-corrected chi connectivity index (χ3v) is 3.17. The van der Waals surface area contributed by atoms with Crippen LogP contribution in [0.25, 0.3) is 0 Å². The lowest BCUT2D eigenvalue weighted by molar-refractivity contribution is -0.00759. The monoisotopic (exact) mass is 237 g/mol. The van der Waals surface area contributed by atoms with E-state index in [4.69, 9.17) is 5.84 Å². The summed E-state index contributed by atoms with van der Waals surface area (Å²) < 4.78 is 0. The first-order chi connectivity index (χ1) is 8.09. The van der Waals surface area contributed by atoms with Gasteiger partial charge in [0.15, 0.2) is 5.82 Å². The number of likely N-dealkylation sites (tertiary alicyclic amines) is 1. The second-order valence-corrected chi connectivity index (χ2v) is 4.81. The molecular weight excluding hydrogens is 218 g/mol. The Morgan fingerprint density at radius 2 is 2.12 bits per heavy atom. The summed E-state index contributed by atoms with van der Waals surface area (Å²) >= 11 is 0. The van der Waals surface area contributed by atoms with Crippen LogP contribution >= 0.6 is 0 Å². The fourth-order valence-corrected chi connectivity index (χ4v) is 1.93. The Hall–Kier alpha value is -1.24. The van der Waals surface area contributed by atoms with Gasteiger partial charge in [-0.05, 0) is 19.8 Å². The molecule has 0 aliphatic carbocycles. The molecule has 0 radical (unpaired) electrons. The van der Waals surface area contributed by atoms with Gasteiger partial charge < -0.3 is 10.5 Å².